The van der Waals surface area contributed by atoms with Gasteiger partial charge in [-0.3, -0.25) is 0 Å². The summed E-state index contributed by atoms with van der Waals surface area (Å²) in [6, 6.07) is 10.5. The molecule has 4 heteroatoms. The van der Waals surface area contributed by atoms with Gasteiger partial charge >= 0.3 is 9.28 Å². The van der Waals surface area contributed by atoms with E-state index in [9.17, 15) is 4.80 Å². The largest absolute Gasteiger partial charge is 0.413 e. The van der Waals surface area contributed by atoms with Crippen molar-refractivity contribution >= 4 is 9.28 Å². The Bertz CT molecular complexity index is 279. The molecule has 0 aliphatic carbocycles. The fourth-order valence-corrected chi connectivity index (χ4v) is 2.87. The molecule has 0 saturated carbocycles. The third-order valence-corrected chi connectivity index (χ3v) is 3.69. The lowest BCUT2D eigenvalue weighted by molar-refractivity contribution is -0.0876. The molecule has 2 unspecified atom stereocenters. The van der Waals surface area contributed by atoms with Crippen molar-refractivity contribution in [2.75, 3.05) is 6.61 Å². The summed E-state index contributed by atoms with van der Waals surface area (Å²) in [5.74, 6) is 0. The first-order valence-corrected chi connectivity index (χ1v) is 7.55. The van der Waals surface area contributed by atoms with Crippen molar-refractivity contribution in [2.45, 2.75) is 32.6 Å². The minimum absolute atomic E-state index is 0.254. The summed E-state index contributed by atoms with van der Waals surface area (Å²) < 4.78 is 10.9. The lowest BCUT2D eigenvalue weighted by Crippen LogP contribution is -2.29. The molecular weight excluding hydrogens is 220 g/mol. The minimum atomic E-state index is -2.16. The Balaban J connectivity index is 2.37. The van der Waals surface area contributed by atoms with E-state index in [4.69, 9.17) is 9.16 Å². The van der Waals surface area contributed by atoms with E-state index in [1.165, 1.54) is 0 Å². The average Bonchev–Trinajstić information content (AvgIpc) is 2.29. The van der Waals surface area contributed by atoms with Crippen molar-refractivity contribution < 1.29 is 14.0 Å². The van der Waals surface area contributed by atoms with Crippen LogP contribution >= 0.6 is 0 Å². The Morgan fingerprint density at radius 2 is 1.94 bits per heavy atom. The van der Waals surface area contributed by atoms with Gasteiger partial charge < -0.3 is 14.0 Å². The first-order valence-electron chi connectivity index (χ1n) is 5.75. The number of benzene rings is 1. The summed E-state index contributed by atoms with van der Waals surface area (Å²) >= 11 is 0. The predicted octanol–water partition coefficient (Wildman–Crippen LogP) is 1.77. The Kier molecular flexibility index (Phi) is 6.33. The van der Waals surface area contributed by atoms with E-state index in [-0.39, 0.29) is 6.29 Å². The molecule has 0 radical (unpaired) electrons. The summed E-state index contributed by atoms with van der Waals surface area (Å²) in [5, 5.41) is 0. The lowest BCUT2D eigenvalue weighted by Gasteiger charge is -2.19. The van der Waals surface area contributed by atoms with Gasteiger partial charge in [0.2, 0.25) is 0 Å². The molecule has 1 rings (SSSR count). The second kappa shape index (κ2) is 7.57. The van der Waals surface area contributed by atoms with Gasteiger partial charge in [-0.25, -0.2) is 0 Å². The average molecular weight is 240 g/mol. The van der Waals surface area contributed by atoms with Crippen LogP contribution in [0.3, 0.4) is 0 Å². The van der Waals surface area contributed by atoms with Crippen LogP contribution in [0, 0.1) is 0 Å². The van der Waals surface area contributed by atoms with Crippen LogP contribution in [0.2, 0.25) is 0 Å². The van der Waals surface area contributed by atoms with Gasteiger partial charge in [-0.2, -0.15) is 0 Å². The zero-order valence-electron chi connectivity index (χ0n) is 9.93. The highest BCUT2D eigenvalue weighted by atomic mass is 28.3. The smallest absolute Gasteiger partial charge is 0.325 e. The van der Waals surface area contributed by atoms with E-state index in [0.717, 1.165) is 12.0 Å². The number of hydrogen-bond acceptors (Lipinski definition) is 3. The lowest BCUT2D eigenvalue weighted by atomic mass is 10.2. The predicted molar refractivity (Wildman–Crippen MR) is 66.3 cm³/mol. The van der Waals surface area contributed by atoms with E-state index in [1.54, 1.807) is 0 Å². The Hall–Kier alpha value is -0.683. The first kappa shape index (κ1) is 13.4. The Labute approximate surface area is 98.9 Å². The van der Waals surface area contributed by atoms with Crippen LogP contribution in [-0.2, 0) is 15.2 Å². The van der Waals surface area contributed by atoms with Crippen molar-refractivity contribution in [3.63, 3.8) is 0 Å². The number of hydrogen-bond donors (Lipinski definition) is 1. The monoisotopic (exact) mass is 240 g/mol. The van der Waals surface area contributed by atoms with E-state index in [1.807, 2.05) is 44.2 Å². The molecule has 0 aliphatic rings. The van der Waals surface area contributed by atoms with Crippen molar-refractivity contribution in [3.8, 4) is 0 Å². The normalized spacial score (nSPS) is 14.7. The van der Waals surface area contributed by atoms with Gasteiger partial charge in [0.15, 0.2) is 0 Å². The van der Waals surface area contributed by atoms with E-state index in [2.05, 4.69) is 0 Å². The maximum Gasteiger partial charge on any atom is 0.325 e. The van der Waals surface area contributed by atoms with Crippen LogP contribution in [0.15, 0.2) is 30.3 Å². The molecule has 2 atom stereocenters. The Morgan fingerprint density at radius 3 is 2.50 bits per heavy atom. The molecule has 1 aromatic carbocycles. The minimum Gasteiger partial charge on any atom is -0.413 e. The van der Waals surface area contributed by atoms with Crippen LogP contribution in [0.1, 0.15) is 25.8 Å². The molecular formula is C12H20O3Si. The SMILES string of the molecule is CCOC(CC)O[SiH](O)Cc1ccccc1. The molecule has 0 heterocycles. The van der Waals surface area contributed by atoms with Crippen LogP contribution in [0.25, 0.3) is 0 Å². The Morgan fingerprint density at radius 1 is 1.25 bits per heavy atom. The molecule has 0 saturated heterocycles. The zero-order valence-corrected chi connectivity index (χ0v) is 11.1. The van der Waals surface area contributed by atoms with Gasteiger partial charge in [-0.1, -0.05) is 37.3 Å². The summed E-state index contributed by atoms with van der Waals surface area (Å²) in [4.78, 5) is 9.87. The van der Waals surface area contributed by atoms with Crippen molar-refractivity contribution in [1.82, 2.24) is 0 Å². The molecule has 0 amide bonds. The van der Waals surface area contributed by atoms with Crippen molar-refractivity contribution in [2.24, 2.45) is 0 Å². The summed E-state index contributed by atoms with van der Waals surface area (Å²) in [6.07, 6.45) is 0.516. The molecule has 0 aromatic heterocycles. The standard InChI is InChI=1S/C12H20O3Si/c1-3-12(14-4-2)15-16(13)10-11-8-6-5-7-9-11/h5-9,12-13,16H,3-4,10H2,1-2H3. The van der Waals surface area contributed by atoms with Crippen LogP contribution < -0.4 is 0 Å². The zero-order chi connectivity index (χ0) is 11.8. The fraction of sp³-hybridized carbons (Fsp3) is 0.500. The molecule has 3 nitrogen and oxygen atoms in total. The number of rotatable bonds is 7. The van der Waals surface area contributed by atoms with E-state index in [0.29, 0.717) is 12.7 Å². The van der Waals surface area contributed by atoms with Gasteiger partial charge in [0, 0.05) is 12.7 Å². The maximum absolute atomic E-state index is 9.87. The molecule has 16 heavy (non-hydrogen) atoms. The molecule has 1 aromatic rings. The van der Waals surface area contributed by atoms with E-state index < -0.39 is 9.28 Å². The third kappa shape index (κ3) is 4.89. The molecule has 0 fully saturated rings. The van der Waals surface area contributed by atoms with Gasteiger partial charge in [-0.15, -0.1) is 0 Å². The second-order valence-electron chi connectivity index (χ2n) is 3.57. The topological polar surface area (TPSA) is 38.7 Å². The molecule has 0 bridgehead atoms. The van der Waals surface area contributed by atoms with Gasteiger partial charge in [0.05, 0.1) is 0 Å². The highest BCUT2D eigenvalue weighted by Crippen LogP contribution is 2.06. The van der Waals surface area contributed by atoms with Gasteiger partial charge in [-0.05, 0) is 18.9 Å². The highest BCUT2D eigenvalue weighted by molar-refractivity contribution is 6.42. The molecule has 0 aliphatic heterocycles. The molecule has 90 valence electrons. The summed E-state index contributed by atoms with van der Waals surface area (Å²) in [5.41, 5.74) is 1.12. The van der Waals surface area contributed by atoms with Crippen molar-refractivity contribution in [1.29, 1.82) is 0 Å². The highest BCUT2D eigenvalue weighted by Gasteiger charge is 2.15. The quantitative estimate of drug-likeness (QED) is 0.583. The maximum atomic E-state index is 9.87. The summed E-state index contributed by atoms with van der Waals surface area (Å²) in [7, 11) is -2.16. The molecule has 1 N–H and O–H groups in total. The van der Waals surface area contributed by atoms with Crippen LogP contribution in [-0.4, -0.2) is 27.0 Å². The second-order valence-corrected chi connectivity index (χ2v) is 5.16. The van der Waals surface area contributed by atoms with Gasteiger partial charge in [0.1, 0.15) is 6.29 Å². The third-order valence-electron chi connectivity index (χ3n) is 2.25. The number of ether oxygens (including phenoxy) is 1. The molecule has 0 spiro atoms. The summed E-state index contributed by atoms with van der Waals surface area (Å²) in [6.45, 7) is 4.53. The van der Waals surface area contributed by atoms with E-state index >= 15 is 0 Å². The van der Waals surface area contributed by atoms with Gasteiger partial charge in [0.25, 0.3) is 0 Å². The van der Waals surface area contributed by atoms with Crippen LogP contribution in [0.5, 0.6) is 0 Å². The van der Waals surface area contributed by atoms with Crippen LogP contribution in [0.4, 0.5) is 0 Å². The first-order chi connectivity index (χ1) is 7.76. The fourth-order valence-electron chi connectivity index (χ4n) is 1.48. The van der Waals surface area contributed by atoms with Crippen molar-refractivity contribution in [3.05, 3.63) is 35.9 Å².